The summed E-state index contributed by atoms with van der Waals surface area (Å²) in [5, 5.41) is 8.96. The smallest absolute Gasteiger partial charge is 0.158 e. The molecule has 0 radical (unpaired) electrons. The Hall–Kier alpha value is -2.62. The molecule has 0 N–H and O–H groups in total. The second kappa shape index (κ2) is 7.41. The normalized spacial score (nSPS) is 12.2. The van der Waals surface area contributed by atoms with Crippen LogP contribution in [0.15, 0.2) is 70.9 Å². The monoisotopic (exact) mass is 294 g/mol. The van der Waals surface area contributed by atoms with E-state index in [0.29, 0.717) is 0 Å². The van der Waals surface area contributed by atoms with E-state index in [4.69, 9.17) is 0 Å². The van der Waals surface area contributed by atoms with Gasteiger partial charge in [0, 0.05) is 39.3 Å². The maximum atomic E-state index is 4.48. The van der Waals surface area contributed by atoms with E-state index in [1.54, 1.807) is 0 Å². The summed E-state index contributed by atoms with van der Waals surface area (Å²) in [6, 6.07) is 20.1. The first kappa shape index (κ1) is 15.8. The van der Waals surface area contributed by atoms with Gasteiger partial charge in [0.05, 0.1) is 0 Å². The van der Waals surface area contributed by atoms with Gasteiger partial charge in [0.2, 0.25) is 0 Å². The van der Waals surface area contributed by atoms with E-state index in [9.17, 15) is 0 Å². The van der Waals surface area contributed by atoms with Gasteiger partial charge in [-0.25, -0.2) is 0 Å². The lowest BCUT2D eigenvalue weighted by Gasteiger charge is -2.17. The van der Waals surface area contributed by atoms with Crippen molar-refractivity contribution in [3.8, 4) is 0 Å². The highest BCUT2D eigenvalue weighted by molar-refractivity contribution is 6.01. The highest BCUT2D eigenvalue weighted by Gasteiger charge is 2.08. The van der Waals surface area contributed by atoms with Crippen LogP contribution in [-0.2, 0) is 0 Å². The topological polar surface area (TPSA) is 31.2 Å². The zero-order valence-corrected chi connectivity index (χ0v) is 13.6. The van der Waals surface area contributed by atoms with E-state index in [2.05, 4.69) is 10.2 Å². The fourth-order valence-corrected chi connectivity index (χ4v) is 2.08. The second-order valence-corrected chi connectivity index (χ2v) is 5.37. The molecular weight excluding hydrogens is 272 g/mol. The third kappa shape index (κ3) is 3.95. The molecule has 0 saturated carbocycles. The minimum Gasteiger partial charge on any atom is -0.361 e. The summed E-state index contributed by atoms with van der Waals surface area (Å²) in [6.45, 7) is 0. The number of rotatable bonds is 3. The number of amidine groups is 2. The molecule has 0 atom stereocenters. The van der Waals surface area contributed by atoms with Gasteiger partial charge in [0.25, 0.3) is 0 Å². The van der Waals surface area contributed by atoms with Crippen LogP contribution in [0.5, 0.6) is 0 Å². The fourth-order valence-electron chi connectivity index (χ4n) is 2.08. The molecular formula is C18H22N4. The molecule has 0 bridgehead atoms. The van der Waals surface area contributed by atoms with Crippen LogP contribution in [0.1, 0.15) is 11.1 Å². The Kier molecular flexibility index (Phi) is 5.31. The van der Waals surface area contributed by atoms with Crippen molar-refractivity contribution in [3.63, 3.8) is 0 Å². The molecule has 0 amide bonds. The van der Waals surface area contributed by atoms with E-state index < -0.39 is 0 Å². The van der Waals surface area contributed by atoms with Crippen molar-refractivity contribution in [2.45, 2.75) is 0 Å². The first-order valence-corrected chi connectivity index (χ1v) is 7.20. The molecule has 0 aliphatic heterocycles. The standard InChI is InChI=1S/C18H22N4/c1-21(2)17(15-11-7-5-8-12-15)19-20-18(22(3)4)16-13-9-6-10-14-16/h5-14H,1-4H3/b19-17+,20-18+. The van der Waals surface area contributed by atoms with Gasteiger partial charge < -0.3 is 9.80 Å². The summed E-state index contributed by atoms with van der Waals surface area (Å²) in [6.07, 6.45) is 0. The van der Waals surface area contributed by atoms with Crippen LogP contribution in [0.4, 0.5) is 0 Å². The van der Waals surface area contributed by atoms with E-state index >= 15 is 0 Å². The van der Waals surface area contributed by atoms with Gasteiger partial charge in [-0.2, -0.15) is 0 Å². The number of benzene rings is 2. The molecule has 0 fully saturated rings. The molecule has 0 heterocycles. The third-order valence-corrected chi connectivity index (χ3v) is 3.15. The van der Waals surface area contributed by atoms with Gasteiger partial charge in [-0.1, -0.05) is 60.7 Å². The predicted octanol–water partition coefficient (Wildman–Crippen LogP) is 2.92. The second-order valence-electron chi connectivity index (χ2n) is 5.37. The van der Waals surface area contributed by atoms with Crippen molar-refractivity contribution in [1.82, 2.24) is 9.80 Å². The van der Waals surface area contributed by atoms with Gasteiger partial charge in [-0.3, -0.25) is 0 Å². The SMILES string of the molecule is CN(C)/C(=N/N=C(\c1ccccc1)N(C)C)c1ccccc1. The molecule has 0 aromatic heterocycles. The first-order chi connectivity index (χ1) is 10.6. The molecule has 22 heavy (non-hydrogen) atoms. The van der Waals surface area contributed by atoms with Crippen molar-refractivity contribution in [2.75, 3.05) is 28.2 Å². The predicted molar refractivity (Wildman–Crippen MR) is 93.3 cm³/mol. The zero-order chi connectivity index (χ0) is 15.9. The minimum absolute atomic E-state index is 0.830. The average Bonchev–Trinajstić information content (AvgIpc) is 2.52. The van der Waals surface area contributed by atoms with Crippen LogP contribution >= 0.6 is 0 Å². The Morgan fingerprint density at radius 1 is 0.591 bits per heavy atom. The lowest BCUT2D eigenvalue weighted by molar-refractivity contribution is 0.610. The molecule has 0 aliphatic rings. The van der Waals surface area contributed by atoms with Crippen LogP contribution in [0.25, 0.3) is 0 Å². The van der Waals surface area contributed by atoms with Crippen molar-refractivity contribution in [2.24, 2.45) is 10.2 Å². The Morgan fingerprint density at radius 3 is 1.18 bits per heavy atom. The van der Waals surface area contributed by atoms with Crippen LogP contribution in [-0.4, -0.2) is 49.7 Å². The zero-order valence-electron chi connectivity index (χ0n) is 13.6. The van der Waals surface area contributed by atoms with Crippen LogP contribution in [0, 0.1) is 0 Å². The molecule has 0 aliphatic carbocycles. The van der Waals surface area contributed by atoms with Gasteiger partial charge in [-0.05, 0) is 0 Å². The van der Waals surface area contributed by atoms with E-state index in [1.165, 1.54) is 0 Å². The molecule has 2 aromatic carbocycles. The molecule has 2 aromatic rings. The summed E-state index contributed by atoms with van der Waals surface area (Å²) in [5.41, 5.74) is 2.09. The van der Waals surface area contributed by atoms with E-state index in [0.717, 1.165) is 22.8 Å². The summed E-state index contributed by atoms with van der Waals surface area (Å²) in [4.78, 5) is 3.94. The fraction of sp³-hybridized carbons (Fsp3) is 0.222. The van der Waals surface area contributed by atoms with Crippen LogP contribution in [0.3, 0.4) is 0 Å². The van der Waals surface area contributed by atoms with Gasteiger partial charge in [0.1, 0.15) is 0 Å². The molecule has 4 nitrogen and oxygen atoms in total. The van der Waals surface area contributed by atoms with Gasteiger partial charge in [-0.15, -0.1) is 10.2 Å². The highest BCUT2D eigenvalue weighted by atomic mass is 15.3. The molecule has 2 rings (SSSR count). The quantitative estimate of drug-likeness (QED) is 0.495. The van der Waals surface area contributed by atoms with Gasteiger partial charge in [0.15, 0.2) is 11.7 Å². The van der Waals surface area contributed by atoms with Gasteiger partial charge >= 0.3 is 0 Å². The maximum absolute atomic E-state index is 4.48. The Labute approximate surface area is 132 Å². The Balaban J connectivity index is 2.42. The summed E-state index contributed by atoms with van der Waals surface area (Å²) in [7, 11) is 7.89. The van der Waals surface area contributed by atoms with Crippen molar-refractivity contribution in [1.29, 1.82) is 0 Å². The van der Waals surface area contributed by atoms with E-state index in [-0.39, 0.29) is 0 Å². The summed E-state index contributed by atoms with van der Waals surface area (Å²) >= 11 is 0. The molecule has 0 spiro atoms. The minimum atomic E-state index is 0.830. The third-order valence-electron chi connectivity index (χ3n) is 3.15. The number of hydrogen-bond acceptors (Lipinski definition) is 2. The van der Waals surface area contributed by atoms with E-state index in [1.807, 2.05) is 98.7 Å². The average molecular weight is 294 g/mol. The Morgan fingerprint density at radius 2 is 0.909 bits per heavy atom. The highest BCUT2D eigenvalue weighted by Crippen LogP contribution is 2.07. The maximum Gasteiger partial charge on any atom is 0.158 e. The number of hydrogen-bond donors (Lipinski definition) is 0. The molecule has 0 saturated heterocycles. The first-order valence-electron chi connectivity index (χ1n) is 7.20. The lowest BCUT2D eigenvalue weighted by atomic mass is 10.2. The van der Waals surface area contributed by atoms with Crippen molar-refractivity contribution < 1.29 is 0 Å². The van der Waals surface area contributed by atoms with Crippen molar-refractivity contribution >= 4 is 11.7 Å². The lowest BCUT2D eigenvalue weighted by Crippen LogP contribution is -2.25. The summed E-state index contributed by atoms with van der Waals surface area (Å²) < 4.78 is 0. The van der Waals surface area contributed by atoms with Crippen molar-refractivity contribution in [3.05, 3.63) is 71.8 Å². The summed E-state index contributed by atoms with van der Waals surface area (Å²) in [5.74, 6) is 1.66. The molecule has 4 heteroatoms. The number of nitrogens with zero attached hydrogens (tertiary/aromatic N) is 4. The van der Waals surface area contributed by atoms with Crippen LogP contribution in [0.2, 0.25) is 0 Å². The Bertz CT molecular complexity index is 584. The molecule has 0 unspecified atom stereocenters. The largest absolute Gasteiger partial charge is 0.361 e. The molecule has 114 valence electrons. The van der Waals surface area contributed by atoms with Crippen LogP contribution < -0.4 is 0 Å².